The minimum atomic E-state index is -4.51. The molecule has 0 spiro atoms. The van der Waals surface area contributed by atoms with Crippen LogP contribution in [0.25, 0.3) is 5.70 Å². The Kier molecular flexibility index (Phi) is 7.86. The van der Waals surface area contributed by atoms with Crippen molar-refractivity contribution in [3.63, 3.8) is 0 Å². The van der Waals surface area contributed by atoms with E-state index in [1.807, 2.05) is 0 Å². The first kappa shape index (κ1) is 22.5. The fraction of sp³-hybridized carbons (Fsp3) is 0.200. The molecule has 0 aliphatic rings. The number of amides is 1. The summed E-state index contributed by atoms with van der Waals surface area (Å²) in [5.74, 6) is -0.358. The van der Waals surface area contributed by atoms with Crippen LogP contribution in [0.5, 0.6) is 0 Å². The highest BCUT2D eigenvalue weighted by Gasteiger charge is 2.33. The Morgan fingerprint density at radius 1 is 1.14 bits per heavy atom. The van der Waals surface area contributed by atoms with E-state index in [2.05, 4.69) is 21.8 Å². The molecule has 0 unspecified atom stereocenters. The second-order valence-electron chi connectivity index (χ2n) is 5.77. The first-order valence-corrected chi connectivity index (χ1v) is 9.62. The van der Waals surface area contributed by atoms with Gasteiger partial charge in [0.2, 0.25) is 0 Å². The Hall–Kier alpha value is -2.78. The monoisotopic (exact) mass is 423 g/mol. The third-order valence-corrected chi connectivity index (χ3v) is 4.24. The lowest BCUT2D eigenvalue weighted by molar-refractivity contribution is -0.137. The summed E-state index contributed by atoms with van der Waals surface area (Å²) in [7, 11) is 1.50. The van der Waals surface area contributed by atoms with Crippen LogP contribution in [-0.2, 0) is 22.4 Å². The number of likely N-dealkylation sites (N-methyl/N-ethyl adjacent to an activating group) is 1. The summed E-state index contributed by atoms with van der Waals surface area (Å²) in [6.45, 7) is 3.61. The number of hydrogen-bond donors (Lipinski definition) is 2. The van der Waals surface area contributed by atoms with Crippen LogP contribution in [0.2, 0.25) is 0 Å². The van der Waals surface area contributed by atoms with Crippen molar-refractivity contribution < 1.29 is 22.8 Å². The van der Waals surface area contributed by atoms with Gasteiger partial charge < -0.3 is 5.32 Å². The minimum Gasteiger partial charge on any atom is -0.354 e. The lowest BCUT2D eigenvalue weighted by Crippen LogP contribution is -2.29. The number of benzene rings is 2. The third-order valence-electron chi connectivity index (χ3n) is 3.88. The zero-order chi connectivity index (χ0) is 21.4. The molecule has 2 rings (SSSR count). The van der Waals surface area contributed by atoms with Gasteiger partial charge in [-0.15, -0.1) is 0 Å². The third kappa shape index (κ3) is 5.85. The maximum absolute atomic E-state index is 13.2. The number of nitrogens with zero attached hydrogens (tertiary/aromatic N) is 1. The van der Waals surface area contributed by atoms with Crippen molar-refractivity contribution >= 4 is 29.3 Å². The molecule has 2 N–H and O–H groups in total. The number of carbonyl (C=O) groups excluding carboxylic acids is 1. The molecule has 0 saturated heterocycles. The molecule has 5 nitrogen and oxygen atoms in total. The van der Waals surface area contributed by atoms with Crippen molar-refractivity contribution in [2.75, 3.05) is 13.3 Å². The molecule has 2 aromatic carbocycles. The predicted molar refractivity (Wildman–Crippen MR) is 109 cm³/mol. The first-order valence-electron chi connectivity index (χ1n) is 8.44. The molecule has 0 aliphatic carbocycles. The van der Waals surface area contributed by atoms with Gasteiger partial charge in [0.1, 0.15) is 12.3 Å². The number of carbonyl (C=O) groups is 1. The fourth-order valence-corrected chi connectivity index (χ4v) is 2.91. The zero-order valence-corrected chi connectivity index (χ0v) is 16.7. The highest BCUT2D eigenvalue weighted by Crippen LogP contribution is 2.33. The molecule has 154 valence electrons. The van der Waals surface area contributed by atoms with E-state index < -0.39 is 11.7 Å². The Labute approximate surface area is 171 Å². The summed E-state index contributed by atoms with van der Waals surface area (Å²) in [5, 5.41) is 2.53. The molecule has 0 heterocycles. The molecule has 2 aromatic rings. The van der Waals surface area contributed by atoms with Crippen molar-refractivity contribution in [1.29, 1.82) is 0 Å². The predicted octanol–water partition coefficient (Wildman–Crippen LogP) is 4.21. The van der Waals surface area contributed by atoms with Crippen molar-refractivity contribution in [2.45, 2.75) is 12.8 Å². The lowest BCUT2D eigenvalue weighted by atomic mass is 10.0. The maximum atomic E-state index is 13.2. The zero-order valence-electron chi connectivity index (χ0n) is 15.8. The smallest absolute Gasteiger partial charge is 0.354 e. The largest absolute Gasteiger partial charge is 0.417 e. The van der Waals surface area contributed by atoms with E-state index in [-0.39, 0.29) is 29.5 Å². The first-order chi connectivity index (χ1) is 13.8. The van der Waals surface area contributed by atoms with Gasteiger partial charge in [0, 0.05) is 24.4 Å². The van der Waals surface area contributed by atoms with E-state index in [0.717, 1.165) is 18.0 Å². The van der Waals surface area contributed by atoms with E-state index >= 15 is 0 Å². The van der Waals surface area contributed by atoms with Gasteiger partial charge in [0.15, 0.2) is 0 Å². The number of hydrogen-bond acceptors (Lipinski definition) is 5. The normalized spacial score (nSPS) is 11.8. The van der Waals surface area contributed by atoms with E-state index in [0.29, 0.717) is 11.1 Å². The molecule has 0 fully saturated rings. The second-order valence-corrected chi connectivity index (χ2v) is 6.32. The molecule has 9 heteroatoms. The molecule has 0 aromatic heterocycles. The van der Waals surface area contributed by atoms with Gasteiger partial charge in [-0.1, -0.05) is 49.0 Å². The number of hydroxylamine groups is 1. The van der Waals surface area contributed by atoms with Crippen LogP contribution < -0.4 is 10.8 Å². The molecular formula is C20H20F3N3O2S. The van der Waals surface area contributed by atoms with Gasteiger partial charge >= 0.3 is 6.18 Å². The quantitative estimate of drug-likeness (QED) is 0.379. The highest BCUT2D eigenvalue weighted by molar-refractivity contribution is 7.97. The minimum absolute atomic E-state index is 0.0201. The molecular weight excluding hydrogens is 403 g/mol. The van der Waals surface area contributed by atoms with E-state index in [1.165, 1.54) is 25.2 Å². The number of nitrogens with one attached hydrogen (secondary N) is 2. The number of alkyl halides is 3. The average molecular weight is 423 g/mol. The molecule has 0 saturated carbocycles. The molecule has 29 heavy (non-hydrogen) atoms. The van der Waals surface area contributed by atoms with Gasteiger partial charge in [0.05, 0.1) is 11.3 Å². The fourth-order valence-electron chi connectivity index (χ4n) is 2.55. The number of halogens is 3. The average Bonchev–Trinajstić information content (AvgIpc) is 2.71. The number of rotatable bonds is 8. The summed E-state index contributed by atoms with van der Waals surface area (Å²) in [6, 6.07) is 12.1. The SMILES string of the molecule is C=C(NOCc1ccccc1C(=NSC)C(=O)NC)c1ccccc1C(F)(F)F. The van der Waals surface area contributed by atoms with Crippen molar-refractivity contribution in [3.05, 3.63) is 77.4 Å². The molecule has 0 radical (unpaired) electrons. The van der Waals surface area contributed by atoms with Crippen molar-refractivity contribution in [1.82, 2.24) is 10.8 Å². The van der Waals surface area contributed by atoms with Gasteiger partial charge in [-0.05, 0) is 23.6 Å². The van der Waals surface area contributed by atoms with Crippen LogP contribution in [0.4, 0.5) is 13.2 Å². The molecule has 0 aliphatic heterocycles. The topological polar surface area (TPSA) is 62.7 Å². The second kappa shape index (κ2) is 10.1. The Balaban J connectivity index is 2.16. The van der Waals surface area contributed by atoms with Crippen LogP contribution in [0.15, 0.2) is 59.5 Å². The summed E-state index contributed by atoms with van der Waals surface area (Å²) < 4.78 is 43.6. The van der Waals surface area contributed by atoms with Crippen LogP contribution >= 0.6 is 11.9 Å². The van der Waals surface area contributed by atoms with Crippen molar-refractivity contribution in [2.24, 2.45) is 4.40 Å². The highest BCUT2D eigenvalue weighted by atomic mass is 32.2. The van der Waals surface area contributed by atoms with Crippen LogP contribution in [0.1, 0.15) is 22.3 Å². The summed E-state index contributed by atoms with van der Waals surface area (Å²) in [4.78, 5) is 17.5. The Bertz CT molecular complexity index is 914. The summed E-state index contributed by atoms with van der Waals surface area (Å²) in [6.07, 6.45) is -2.78. The van der Waals surface area contributed by atoms with Gasteiger partial charge in [-0.3, -0.25) is 15.1 Å². The van der Waals surface area contributed by atoms with Crippen LogP contribution in [0.3, 0.4) is 0 Å². The van der Waals surface area contributed by atoms with E-state index in [9.17, 15) is 18.0 Å². The maximum Gasteiger partial charge on any atom is 0.417 e. The Morgan fingerprint density at radius 2 is 1.76 bits per heavy atom. The van der Waals surface area contributed by atoms with E-state index in [1.54, 1.807) is 30.5 Å². The van der Waals surface area contributed by atoms with Gasteiger partial charge in [0.25, 0.3) is 5.91 Å². The van der Waals surface area contributed by atoms with Crippen LogP contribution in [-0.4, -0.2) is 24.9 Å². The standard InChI is InChI=1S/C20H20F3N3O2S/c1-13(15-9-6-7-11-17(15)20(21,22)23)25-28-12-14-8-4-5-10-16(14)18(26-29-3)19(27)24-2/h4-11,25H,1,12H2,2-3H3,(H,24,27). The summed E-state index contributed by atoms with van der Waals surface area (Å²) >= 11 is 1.14. The molecule has 1 amide bonds. The Morgan fingerprint density at radius 3 is 2.38 bits per heavy atom. The lowest BCUT2D eigenvalue weighted by Gasteiger charge is -2.16. The van der Waals surface area contributed by atoms with Crippen molar-refractivity contribution in [3.8, 4) is 0 Å². The molecule has 0 atom stereocenters. The van der Waals surface area contributed by atoms with Gasteiger partial charge in [-0.25, -0.2) is 4.40 Å². The van der Waals surface area contributed by atoms with Gasteiger partial charge in [-0.2, -0.15) is 13.2 Å². The molecule has 0 bridgehead atoms. The van der Waals surface area contributed by atoms with Crippen LogP contribution in [0, 0.1) is 0 Å². The van der Waals surface area contributed by atoms with E-state index in [4.69, 9.17) is 4.84 Å². The summed E-state index contributed by atoms with van der Waals surface area (Å²) in [5.41, 5.74) is 2.93.